The maximum absolute atomic E-state index is 12.6. The lowest BCUT2D eigenvalue weighted by Gasteiger charge is -2.22. The molecule has 0 radical (unpaired) electrons. The van der Waals surface area contributed by atoms with Crippen molar-refractivity contribution in [1.82, 2.24) is 10.6 Å². The number of carbonyl (C=O) groups is 2. The van der Waals surface area contributed by atoms with E-state index in [-0.39, 0.29) is 24.3 Å². The Morgan fingerprint density at radius 2 is 2.04 bits per heavy atom. The molecule has 0 saturated heterocycles. The van der Waals surface area contributed by atoms with Crippen molar-refractivity contribution >= 4 is 34.8 Å². The number of rotatable bonds is 6. The van der Waals surface area contributed by atoms with Crippen molar-refractivity contribution < 1.29 is 19.1 Å². The van der Waals surface area contributed by atoms with Gasteiger partial charge in [0.05, 0.1) is 9.90 Å². The van der Waals surface area contributed by atoms with Gasteiger partial charge in [-0.3, -0.25) is 9.59 Å². The van der Waals surface area contributed by atoms with Crippen LogP contribution in [-0.2, 0) is 11.3 Å². The molecule has 144 valence electrons. The van der Waals surface area contributed by atoms with Crippen LogP contribution in [0.15, 0.2) is 29.6 Å². The summed E-state index contributed by atoms with van der Waals surface area (Å²) in [6.45, 7) is 4.97. The molecule has 0 saturated carbocycles. The molecular weight excluding hydrogens is 388 g/mol. The summed E-state index contributed by atoms with van der Waals surface area (Å²) in [6, 6.07) is 6.44. The Balaban J connectivity index is 1.64. The monoisotopic (exact) mass is 408 g/mol. The average molecular weight is 409 g/mol. The van der Waals surface area contributed by atoms with Gasteiger partial charge in [0.25, 0.3) is 5.91 Å². The predicted octanol–water partition coefficient (Wildman–Crippen LogP) is 3.24. The second kappa shape index (κ2) is 8.63. The van der Waals surface area contributed by atoms with Crippen molar-refractivity contribution in [2.75, 3.05) is 13.2 Å². The van der Waals surface area contributed by atoms with Crippen molar-refractivity contribution in [3.63, 3.8) is 0 Å². The van der Waals surface area contributed by atoms with Crippen molar-refractivity contribution in [1.29, 1.82) is 0 Å². The molecule has 2 aromatic rings. The zero-order valence-corrected chi connectivity index (χ0v) is 16.7. The van der Waals surface area contributed by atoms with E-state index in [0.717, 1.165) is 5.56 Å². The summed E-state index contributed by atoms with van der Waals surface area (Å²) in [5.41, 5.74) is 0.796. The zero-order valence-electron chi connectivity index (χ0n) is 15.1. The highest BCUT2D eigenvalue weighted by Gasteiger charge is 2.25. The van der Waals surface area contributed by atoms with Crippen LogP contribution in [0.5, 0.6) is 11.5 Å². The van der Waals surface area contributed by atoms with E-state index < -0.39 is 6.04 Å². The maximum atomic E-state index is 12.6. The number of thiophene rings is 1. The first-order valence-electron chi connectivity index (χ1n) is 8.66. The molecule has 0 spiro atoms. The van der Waals surface area contributed by atoms with Crippen molar-refractivity contribution in [2.24, 2.45) is 5.92 Å². The number of hydrogen-bond acceptors (Lipinski definition) is 5. The minimum Gasteiger partial charge on any atom is -0.486 e. The van der Waals surface area contributed by atoms with Crippen LogP contribution in [0.1, 0.15) is 29.1 Å². The van der Waals surface area contributed by atoms with Gasteiger partial charge in [-0.05, 0) is 35.1 Å². The molecule has 1 aliphatic rings. The normalized spacial score (nSPS) is 13.9. The SMILES string of the molecule is CC(C)C(NC(=O)c1cccs1)C(=O)NCc1cc(Cl)c2c(c1)OCCO2. The largest absolute Gasteiger partial charge is 0.486 e. The molecule has 27 heavy (non-hydrogen) atoms. The molecule has 6 nitrogen and oxygen atoms in total. The van der Waals surface area contributed by atoms with E-state index in [1.807, 2.05) is 19.2 Å². The number of fused-ring (bicyclic) bond motifs is 1. The second-order valence-electron chi connectivity index (χ2n) is 6.49. The predicted molar refractivity (Wildman–Crippen MR) is 105 cm³/mol. The molecule has 1 aromatic heterocycles. The molecule has 1 unspecified atom stereocenters. The Bertz CT molecular complexity index is 823. The third-order valence-electron chi connectivity index (χ3n) is 4.10. The molecule has 0 fully saturated rings. The summed E-state index contributed by atoms with van der Waals surface area (Å²) in [5.74, 6) is 0.547. The van der Waals surface area contributed by atoms with Crippen LogP contribution in [0.3, 0.4) is 0 Å². The number of nitrogens with one attached hydrogen (secondary N) is 2. The minimum absolute atomic E-state index is 0.0576. The van der Waals surface area contributed by atoms with Gasteiger partial charge in [0.1, 0.15) is 19.3 Å². The van der Waals surface area contributed by atoms with Crippen LogP contribution >= 0.6 is 22.9 Å². The van der Waals surface area contributed by atoms with Crippen LogP contribution in [-0.4, -0.2) is 31.1 Å². The molecule has 2 N–H and O–H groups in total. The second-order valence-corrected chi connectivity index (χ2v) is 7.85. The summed E-state index contributed by atoms with van der Waals surface area (Å²) in [4.78, 5) is 25.5. The first-order chi connectivity index (χ1) is 13.0. The van der Waals surface area contributed by atoms with E-state index >= 15 is 0 Å². The van der Waals surface area contributed by atoms with Gasteiger partial charge in [-0.2, -0.15) is 0 Å². The summed E-state index contributed by atoms with van der Waals surface area (Å²) >= 11 is 7.57. The highest BCUT2D eigenvalue weighted by molar-refractivity contribution is 7.12. The smallest absolute Gasteiger partial charge is 0.262 e. The van der Waals surface area contributed by atoms with Crippen molar-refractivity contribution in [3.8, 4) is 11.5 Å². The number of benzene rings is 1. The fourth-order valence-electron chi connectivity index (χ4n) is 2.72. The average Bonchev–Trinajstić information content (AvgIpc) is 3.18. The Hall–Kier alpha value is -2.25. The Labute approximate surface area is 166 Å². The fraction of sp³-hybridized carbons (Fsp3) is 0.368. The first kappa shape index (κ1) is 19.5. The van der Waals surface area contributed by atoms with Crippen LogP contribution in [0.2, 0.25) is 5.02 Å². The summed E-state index contributed by atoms with van der Waals surface area (Å²) in [6.07, 6.45) is 0. The van der Waals surface area contributed by atoms with Gasteiger partial charge in [0, 0.05) is 6.54 Å². The van der Waals surface area contributed by atoms with Gasteiger partial charge in [0.15, 0.2) is 11.5 Å². The molecule has 1 aromatic carbocycles. The molecule has 3 rings (SSSR count). The quantitative estimate of drug-likeness (QED) is 0.769. The molecule has 0 bridgehead atoms. The summed E-state index contributed by atoms with van der Waals surface area (Å²) in [5, 5.41) is 7.94. The molecule has 2 heterocycles. The first-order valence-corrected chi connectivity index (χ1v) is 9.91. The van der Waals surface area contributed by atoms with Gasteiger partial charge in [-0.15, -0.1) is 11.3 Å². The Kier molecular flexibility index (Phi) is 6.23. The molecule has 8 heteroatoms. The maximum Gasteiger partial charge on any atom is 0.262 e. The minimum atomic E-state index is -0.632. The number of amides is 2. The van der Waals surface area contributed by atoms with E-state index in [1.165, 1.54) is 11.3 Å². The Morgan fingerprint density at radius 1 is 1.26 bits per heavy atom. The molecule has 0 aliphatic carbocycles. The zero-order chi connectivity index (χ0) is 19.4. The van der Waals surface area contributed by atoms with E-state index in [9.17, 15) is 9.59 Å². The lowest BCUT2D eigenvalue weighted by Crippen LogP contribution is -2.49. The number of ether oxygens (including phenoxy) is 2. The third kappa shape index (κ3) is 4.73. The number of halogens is 1. The lowest BCUT2D eigenvalue weighted by atomic mass is 10.0. The van der Waals surface area contributed by atoms with Crippen LogP contribution < -0.4 is 20.1 Å². The molecule has 1 aliphatic heterocycles. The van der Waals surface area contributed by atoms with Gasteiger partial charge >= 0.3 is 0 Å². The van der Waals surface area contributed by atoms with E-state index in [2.05, 4.69) is 10.6 Å². The summed E-state index contributed by atoms with van der Waals surface area (Å²) < 4.78 is 11.0. The lowest BCUT2D eigenvalue weighted by molar-refractivity contribution is -0.124. The highest BCUT2D eigenvalue weighted by atomic mass is 35.5. The van der Waals surface area contributed by atoms with Gasteiger partial charge < -0.3 is 20.1 Å². The highest BCUT2D eigenvalue weighted by Crippen LogP contribution is 2.38. The van der Waals surface area contributed by atoms with Crippen molar-refractivity contribution in [3.05, 3.63) is 45.1 Å². The Morgan fingerprint density at radius 3 is 2.74 bits per heavy atom. The third-order valence-corrected chi connectivity index (χ3v) is 5.25. The van der Waals surface area contributed by atoms with E-state index in [4.69, 9.17) is 21.1 Å². The van der Waals surface area contributed by atoms with Crippen LogP contribution in [0.25, 0.3) is 0 Å². The van der Waals surface area contributed by atoms with E-state index in [0.29, 0.717) is 34.6 Å². The molecule has 2 amide bonds. The number of hydrogen-bond donors (Lipinski definition) is 2. The standard InChI is InChI=1S/C19H21ClN2O4S/c1-11(2)16(22-18(23)15-4-3-7-27-15)19(24)21-10-12-8-13(20)17-14(9-12)25-5-6-26-17/h3-4,7-9,11,16H,5-6,10H2,1-2H3,(H,21,24)(H,22,23). The number of carbonyl (C=O) groups excluding carboxylic acids is 2. The van der Waals surface area contributed by atoms with Gasteiger partial charge in [0.2, 0.25) is 5.91 Å². The van der Waals surface area contributed by atoms with E-state index in [1.54, 1.807) is 24.3 Å². The summed E-state index contributed by atoms with van der Waals surface area (Å²) in [7, 11) is 0. The van der Waals surface area contributed by atoms with Crippen molar-refractivity contribution in [2.45, 2.75) is 26.4 Å². The van der Waals surface area contributed by atoms with Crippen LogP contribution in [0, 0.1) is 5.92 Å². The molecule has 1 atom stereocenters. The molecular formula is C19H21ClN2O4S. The van der Waals surface area contributed by atoms with Crippen LogP contribution in [0.4, 0.5) is 0 Å². The van der Waals surface area contributed by atoms with Gasteiger partial charge in [-0.1, -0.05) is 31.5 Å². The fourth-order valence-corrected chi connectivity index (χ4v) is 3.64. The van der Waals surface area contributed by atoms with Gasteiger partial charge in [-0.25, -0.2) is 0 Å². The topological polar surface area (TPSA) is 76.7 Å².